The van der Waals surface area contributed by atoms with Gasteiger partial charge in [-0.1, -0.05) is 36.4 Å². The molecule has 0 aliphatic heterocycles. The Balaban J connectivity index is 1.71. The summed E-state index contributed by atoms with van der Waals surface area (Å²) < 4.78 is 11.3. The predicted octanol–water partition coefficient (Wildman–Crippen LogP) is 1.78. The number of nitrogens with one attached hydrogen (secondary N) is 1. The lowest BCUT2D eigenvalue weighted by molar-refractivity contribution is 0.102. The Morgan fingerprint density at radius 3 is 2.65 bits per heavy atom. The van der Waals surface area contributed by atoms with E-state index in [0.717, 1.165) is 24.2 Å². The quantitative estimate of drug-likeness (QED) is 0.684. The Kier molecular flexibility index (Phi) is 6.31. The molecule has 0 spiro atoms. The maximum atomic E-state index is 5.78. The molecular weight excluding hydrogens is 252 g/mol. The zero-order chi connectivity index (χ0) is 14.0. The van der Waals surface area contributed by atoms with Crippen LogP contribution in [-0.2, 0) is 4.74 Å². The largest absolute Gasteiger partial charge is 0.491 e. The van der Waals surface area contributed by atoms with Crippen molar-refractivity contribution in [3.63, 3.8) is 0 Å². The summed E-state index contributed by atoms with van der Waals surface area (Å²) >= 11 is 0. The number of fused-ring (bicyclic) bond motifs is 1. The molecule has 20 heavy (non-hydrogen) atoms. The van der Waals surface area contributed by atoms with Crippen molar-refractivity contribution in [3.8, 4) is 5.75 Å². The Bertz CT molecular complexity index is 511. The molecule has 0 radical (unpaired) electrons. The second-order valence-electron chi connectivity index (χ2n) is 4.48. The Morgan fingerprint density at radius 1 is 0.900 bits per heavy atom. The first-order chi connectivity index (χ1) is 9.92. The second kappa shape index (κ2) is 8.53. The highest BCUT2D eigenvalue weighted by molar-refractivity contribution is 5.88. The molecule has 0 amide bonds. The fraction of sp³-hybridized carbons (Fsp3) is 0.375. The fourth-order valence-corrected chi connectivity index (χ4v) is 2.01. The van der Waals surface area contributed by atoms with Gasteiger partial charge in [0.2, 0.25) is 0 Å². The van der Waals surface area contributed by atoms with Gasteiger partial charge in [-0.05, 0) is 11.5 Å². The zero-order valence-electron chi connectivity index (χ0n) is 11.7. The van der Waals surface area contributed by atoms with E-state index in [4.69, 9.17) is 15.2 Å². The van der Waals surface area contributed by atoms with Gasteiger partial charge in [0.1, 0.15) is 12.4 Å². The number of benzene rings is 2. The van der Waals surface area contributed by atoms with Gasteiger partial charge in [0.15, 0.2) is 0 Å². The second-order valence-corrected chi connectivity index (χ2v) is 4.48. The molecule has 0 saturated carbocycles. The maximum Gasteiger partial charge on any atom is 0.127 e. The minimum absolute atomic E-state index is 0.560. The molecule has 4 nitrogen and oxygen atoms in total. The van der Waals surface area contributed by atoms with Crippen LogP contribution in [0.4, 0.5) is 0 Å². The van der Waals surface area contributed by atoms with Crippen LogP contribution >= 0.6 is 0 Å². The van der Waals surface area contributed by atoms with Crippen molar-refractivity contribution in [1.29, 1.82) is 0 Å². The van der Waals surface area contributed by atoms with Crippen molar-refractivity contribution in [2.75, 3.05) is 39.5 Å². The van der Waals surface area contributed by atoms with E-state index in [9.17, 15) is 0 Å². The molecular formula is C16H22N2O2. The number of hydrogen-bond donors (Lipinski definition) is 2. The summed E-state index contributed by atoms with van der Waals surface area (Å²) in [6.45, 7) is 4.14. The Morgan fingerprint density at radius 2 is 1.75 bits per heavy atom. The average molecular weight is 274 g/mol. The third kappa shape index (κ3) is 4.49. The molecule has 0 atom stereocenters. The molecule has 0 bridgehead atoms. The molecule has 0 fully saturated rings. The summed E-state index contributed by atoms with van der Waals surface area (Å²) in [5, 5.41) is 5.51. The Labute approximate surface area is 119 Å². The zero-order valence-corrected chi connectivity index (χ0v) is 11.7. The molecule has 2 aromatic rings. The molecule has 4 heteroatoms. The van der Waals surface area contributed by atoms with Gasteiger partial charge in [-0.2, -0.15) is 0 Å². The van der Waals surface area contributed by atoms with Gasteiger partial charge >= 0.3 is 0 Å². The van der Waals surface area contributed by atoms with E-state index in [1.165, 1.54) is 5.39 Å². The van der Waals surface area contributed by atoms with Crippen LogP contribution in [0.3, 0.4) is 0 Å². The van der Waals surface area contributed by atoms with Crippen molar-refractivity contribution in [3.05, 3.63) is 42.5 Å². The van der Waals surface area contributed by atoms with E-state index in [1.807, 2.05) is 24.3 Å². The van der Waals surface area contributed by atoms with Crippen LogP contribution in [0, 0.1) is 0 Å². The van der Waals surface area contributed by atoms with E-state index in [2.05, 4.69) is 23.5 Å². The van der Waals surface area contributed by atoms with E-state index >= 15 is 0 Å². The summed E-state index contributed by atoms with van der Waals surface area (Å²) in [6.07, 6.45) is 0. The standard InChI is InChI=1S/C16H22N2O2/c17-8-9-18-10-11-19-12-13-20-16-7-3-5-14-4-1-2-6-15(14)16/h1-7,18H,8-13,17H2. The van der Waals surface area contributed by atoms with Crippen molar-refractivity contribution in [2.45, 2.75) is 0 Å². The smallest absolute Gasteiger partial charge is 0.127 e. The van der Waals surface area contributed by atoms with Gasteiger partial charge in [-0.25, -0.2) is 0 Å². The molecule has 0 unspecified atom stereocenters. The van der Waals surface area contributed by atoms with E-state index < -0.39 is 0 Å². The molecule has 2 rings (SSSR count). The van der Waals surface area contributed by atoms with Crippen LogP contribution in [-0.4, -0.2) is 39.5 Å². The van der Waals surface area contributed by atoms with Gasteiger partial charge in [0.25, 0.3) is 0 Å². The summed E-state index contributed by atoms with van der Waals surface area (Å²) in [6, 6.07) is 14.3. The predicted molar refractivity (Wildman–Crippen MR) is 82.2 cm³/mol. The summed E-state index contributed by atoms with van der Waals surface area (Å²) in [4.78, 5) is 0. The van der Waals surface area contributed by atoms with Crippen molar-refractivity contribution < 1.29 is 9.47 Å². The van der Waals surface area contributed by atoms with Gasteiger partial charge in [0, 0.05) is 25.0 Å². The molecule has 3 N–H and O–H groups in total. The maximum absolute atomic E-state index is 5.78. The number of hydrogen-bond acceptors (Lipinski definition) is 4. The fourth-order valence-electron chi connectivity index (χ4n) is 2.01. The third-order valence-electron chi connectivity index (χ3n) is 2.98. The lowest BCUT2D eigenvalue weighted by Gasteiger charge is -2.10. The third-order valence-corrected chi connectivity index (χ3v) is 2.98. The number of ether oxygens (including phenoxy) is 2. The van der Waals surface area contributed by atoms with Crippen LogP contribution in [0.5, 0.6) is 5.75 Å². The van der Waals surface area contributed by atoms with Gasteiger partial charge in [0.05, 0.1) is 13.2 Å². The van der Waals surface area contributed by atoms with Crippen LogP contribution in [0.2, 0.25) is 0 Å². The first-order valence-corrected chi connectivity index (χ1v) is 7.01. The SMILES string of the molecule is NCCNCCOCCOc1cccc2ccccc12. The number of rotatable bonds is 9. The highest BCUT2D eigenvalue weighted by atomic mass is 16.5. The molecule has 0 aromatic heterocycles. The molecule has 0 aliphatic rings. The highest BCUT2D eigenvalue weighted by Crippen LogP contribution is 2.24. The van der Waals surface area contributed by atoms with Crippen LogP contribution in [0.15, 0.2) is 42.5 Å². The van der Waals surface area contributed by atoms with Crippen LogP contribution in [0.1, 0.15) is 0 Å². The number of nitrogens with two attached hydrogens (primary N) is 1. The summed E-state index contributed by atoms with van der Waals surface area (Å²) in [7, 11) is 0. The van der Waals surface area contributed by atoms with Gasteiger partial charge < -0.3 is 20.5 Å². The first-order valence-electron chi connectivity index (χ1n) is 7.01. The lowest BCUT2D eigenvalue weighted by atomic mass is 10.1. The van der Waals surface area contributed by atoms with Crippen LogP contribution < -0.4 is 15.8 Å². The van der Waals surface area contributed by atoms with Crippen LogP contribution in [0.25, 0.3) is 10.8 Å². The Hall–Kier alpha value is -1.62. The van der Waals surface area contributed by atoms with E-state index in [-0.39, 0.29) is 0 Å². The normalized spacial score (nSPS) is 10.8. The molecule has 2 aromatic carbocycles. The minimum Gasteiger partial charge on any atom is -0.491 e. The molecule has 108 valence electrons. The average Bonchev–Trinajstić information content (AvgIpc) is 2.50. The van der Waals surface area contributed by atoms with E-state index in [1.54, 1.807) is 0 Å². The van der Waals surface area contributed by atoms with Crippen molar-refractivity contribution in [2.24, 2.45) is 5.73 Å². The van der Waals surface area contributed by atoms with Crippen molar-refractivity contribution >= 4 is 10.8 Å². The first kappa shape index (κ1) is 14.8. The summed E-state index contributed by atoms with van der Waals surface area (Å²) in [5.74, 6) is 0.910. The molecule has 0 heterocycles. The van der Waals surface area contributed by atoms with Gasteiger partial charge in [-0.3, -0.25) is 0 Å². The topological polar surface area (TPSA) is 56.5 Å². The summed E-state index contributed by atoms with van der Waals surface area (Å²) in [5.41, 5.74) is 5.38. The monoisotopic (exact) mass is 274 g/mol. The minimum atomic E-state index is 0.560. The highest BCUT2D eigenvalue weighted by Gasteiger charge is 2.00. The molecule has 0 saturated heterocycles. The van der Waals surface area contributed by atoms with E-state index in [0.29, 0.717) is 26.4 Å². The van der Waals surface area contributed by atoms with Crippen molar-refractivity contribution in [1.82, 2.24) is 5.32 Å². The lowest BCUT2D eigenvalue weighted by Crippen LogP contribution is -2.26. The molecule has 0 aliphatic carbocycles. The van der Waals surface area contributed by atoms with Gasteiger partial charge in [-0.15, -0.1) is 0 Å².